The van der Waals surface area contributed by atoms with Crippen molar-refractivity contribution in [1.82, 2.24) is 25.0 Å². The van der Waals surface area contributed by atoms with E-state index >= 15 is 0 Å². The van der Waals surface area contributed by atoms with Gasteiger partial charge in [-0.3, -0.25) is 9.67 Å². The van der Waals surface area contributed by atoms with E-state index in [4.69, 9.17) is 9.98 Å². The zero-order valence-corrected chi connectivity index (χ0v) is 17.1. The Labute approximate surface area is 160 Å². The average Bonchev–Trinajstić information content (AvgIpc) is 3.33. The van der Waals surface area contributed by atoms with Gasteiger partial charge in [-0.25, -0.2) is 4.98 Å². The third kappa shape index (κ3) is 4.44. The van der Waals surface area contributed by atoms with E-state index < -0.39 is 0 Å². The maximum atomic E-state index is 4.87. The van der Waals surface area contributed by atoms with Crippen LogP contribution in [0.25, 0.3) is 0 Å². The molecule has 0 radical (unpaired) electrons. The van der Waals surface area contributed by atoms with Crippen LogP contribution in [0, 0.1) is 6.92 Å². The van der Waals surface area contributed by atoms with Crippen LogP contribution in [0.15, 0.2) is 17.4 Å². The first-order valence-electron chi connectivity index (χ1n) is 9.57. The fourth-order valence-corrected chi connectivity index (χ4v) is 4.49. The minimum Gasteiger partial charge on any atom is -0.357 e. The Morgan fingerprint density at radius 2 is 2.27 bits per heavy atom. The van der Waals surface area contributed by atoms with Crippen molar-refractivity contribution in [3.8, 4) is 0 Å². The van der Waals surface area contributed by atoms with Crippen molar-refractivity contribution in [2.24, 2.45) is 12.0 Å². The van der Waals surface area contributed by atoms with Gasteiger partial charge < -0.3 is 10.2 Å². The van der Waals surface area contributed by atoms with Crippen LogP contribution in [-0.2, 0) is 19.9 Å². The lowest BCUT2D eigenvalue weighted by Crippen LogP contribution is -2.40. The molecule has 0 saturated carbocycles. The lowest BCUT2D eigenvalue weighted by molar-refractivity contribution is 0.486. The van der Waals surface area contributed by atoms with Crippen LogP contribution in [0.5, 0.6) is 0 Å². The zero-order valence-electron chi connectivity index (χ0n) is 16.3. The summed E-state index contributed by atoms with van der Waals surface area (Å²) in [7, 11) is 1.98. The van der Waals surface area contributed by atoms with Crippen LogP contribution in [0.1, 0.15) is 47.3 Å². The average molecular weight is 375 g/mol. The molecule has 7 heteroatoms. The van der Waals surface area contributed by atoms with Gasteiger partial charge in [0.25, 0.3) is 0 Å². The molecule has 3 rings (SSSR count). The highest BCUT2D eigenvalue weighted by atomic mass is 32.1. The third-order valence-electron chi connectivity index (χ3n) is 4.88. The molecule has 2 aromatic heterocycles. The number of aromatic nitrogens is 3. The smallest absolute Gasteiger partial charge is 0.193 e. The number of aryl methyl sites for hydroxylation is 3. The Morgan fingerprint density at radius 1 is 1.42 bits per heavy atom. The molecule has 6 nitrogen and oxygen atoms in total. The van der Waals surface area contributed by atoms with Gasteiger partial charge in [0.15, 0.2) is 5.96 Å². The number of nitrogens with one attached hydrogen (secondary N) is 1. The number of hydrogen-bond acceptors (Lipinski definition) is 4. The third-order valence-corrected chi connectivity index (χ3v) is 5.95. The second-order valence-electron chi connectivity index (χ2n) is 6.83. The van der Waals surface area contributed by atoms with Crippen molar-refractivity contribution < 1.29 is 0 Å². The molecule has 0 amide bonds. The SMILES string of the molecule is CCNC(=NCCc1nc(CC)c(C)s1)N1CCC(c2cnn(C)c2)C1. The Bertz CT molecular complexity index is 747. The first kappa shape index (κ1) is 18.9. The second kappa shape index (κ2) is 8.66. The van der Waals surface area contributed by atoms with Crippen LogP contribution < -0.4 is 5.32 Å². The number of aliphatic imine (C=N–C) groups is 1. The van der Waals surface area contributed by atoms with Gasteiger partial charge >= 0.3 is 0 Å². The Hall–Kier alpha value is -1.89. The molecule has 26 heavy (non-hydrogen) atoms. The molecule has 1 fully saturated rings. The molecule has 1 N–H and O–H groups in total. The minimum atomic E-state index is 0.543. The molecule has 0 bridgehead atoms. The summed E-state index contributed by atoms with van der Waals surface area (Å²) < 4.78 is 1.89. The van der Waals surface area contributed by atoms with Crippen LogP contribution in [0.3, 0.4) is 0 Å². The summed E-state index contributed by atoms with van der Waals surface area (Å²) in [6.45, 7) is 10.2. The monoisotopic (exact) mass is 374 g/mol. The van der Waals surface area contributed by atoms with Crippen molar-refractivity contribution >= 4 is 17.3 Å². The first-order valence-corrected chi connectivity index (χ1v) is 10.4. The van der Waals surface area contributed by atoms with E-state index in [9.17, 15) is 0 Å². The predicted molar refractivity (Wildman–Crippen MR) is 108 cm³/mol. The predicted octanol–water partition coefficient (Wildman–Crippen LogP) is 2.74. The topological polar surface area (TPSA) is 58.3 Å². The summed E-state index contributed by atoms with van der Waals surface area (Å²) >= 11 is 1.81. The quantitative estimate of drug-likeness (QED) is 0.624. The molecule has 0 aliphatic carbocycles. The van der Waals surface area contributed by atoms with E-state index in [0.717, 1.165) is 51.4 Å². The summed E-state index contributed by atoms with van der Waals surface area (Å²) in [6, 6.07) is 0. The van der Waals surface area contributed by atoms with Crippen LogP contribution in [0.2, 0.25) is 0 Å². The highest BCUT2D eigenvalue weighted by Gasteiger charge is 2.26. The molecule has 1 unspecified atom stereocenters. The van der Waals surface area contributed by atoms with Gasteiger partial charge in [-0.15, -0.1) is 11.3 Å². The van der Waals surface area contributed by atoms with Gasteiger partial charge in [0.2, 0.25) is 0 Å². The molecular formula is C19H30N6S. The Kier molecular flexibility index (Phi) is 6.29. The van der Waals surface area contributed by atoms with E-state index in [1.807, 2.05) is 29.3 Å². The van der Waals surface area contributed by atoms with Gasteiger partial charge in [0.05, 0.1) is 16.9 Å². The molecule has 0 aromatic carbocycles. The van der Waals surface area contributed by atoms with Gasteiger partial charge in [-0.05, 0) is 32.3 Å². The van der Waals surface area contributed by atoms with Crippen molar-refractivity contribution in [3.63, 3.8) is 0 Å². The molecular weight excluding hydrogens is 344 g/mol. The molecule has 0 spiro atoms. The van der Waals surface area contributed by atoms with Gasteiger partial charge in [0.1, 0.15) is 0 Å². The van der Waals surface area contributed by atoms with E-state index in [1.165, 1.54) is 21.1 Å². The highest BCUT2D eigenvalue weighted by Crippen LogP contribution is 2.26. The van der Waals surface area contributed by atoms with E-state index in [2.05, 4.69) is 42.3 Å². The number of guanidine groups is 1. The Morgan fingerprint density at radius 3 is 2.92 bits per heavy atom. The lowest BCUT2D eigenvalue weighted by atomic mass is 10.0. The molecule has 1 aliphatic heterocycles. The van der Waals surface area contributed by atoms with Crippen LogP contribution in [-0.4, -0.2) is 51.8 Å². The summed E-state index contributed by atoms with van der Waals surface area (Å²) in [5.74, 6) is 1.57. The molecule has 1 saturated heterocycles. The summed E-state index contributed by atoms with van der Waals surface area (Å²) in [6.07, 6.45) is 7.21. The highest BCUT2D eigenvalue weighted by molar-refractivity contribution is 7.11. The number of thiazole rings is 1. The second-order valence-corrected chi connectivity index (χ2v) is 8.12. The fraction of sp³-hybridized carbons (Fsp3) is 0.632. The van der Waals surface area contributed by atoms with Gasteiger partial charge in [0, 0.05) is 56.6 Å². The summed E-state index contributed by atoms with van der Waals surface area (Å²) in [5, 5.41) is 8.97. The maximum Gasteiger partial charge on any atom is 0.193 e. The van der Waals surface area contributed by atoms with Gasteiger partial charge in [-0.1, -0.05) is 6.92 Å². The number of rotatable bonds is 6. The first-order chi connectivity index (χ1) is 12.6. The number of hydrogen-bond donors (Lipinski definition) is 1. The zero-order chi connectivity index (χ0) is 18.5. The lowest BCUT2D eigenvalue weighted by Gasteiger charge is -2.21. The molecule has 3 heterocycles. The van der Waals surface area contributed by atoms with Crippen molar-refractivity contribution in [1.29, 1.82) is 0 Å². The minimum absolute atomic E-state index is 0.543. The van der Waals surface area contributed by atoms with Crippen molar-refractivity contribution in [2.75, 3.05) is 26.2 Å². The fourth-order valence-electron chi connectivity index (χ4n) is 3.48. The molecule has 1 atom stereocenters. The van der Waals surface area contributed by atoms with Gasteiger partial charge in [-0.2, -0.15) is 5.10 Å². The number of nitrogens with zero attached hydrogens (tertiary/aromatic N) is 5. The normalized spacial score (nSPS) is 17.9. The molecule has 142 valence electrons. The van der Waals surface area contributed by atoms with E-state index in [-0.39, 0.29) is 0 Å². The standard InChI is InChI=1S/C19H30N6S/c1-5-17-14(3)26-18(23-17)7-9-21-19(20-6-2)25-10-8-15(13-25)16-11-22-24(4)12-16/h11-12,15H,5-10,13H2,1-4H3,(H,20,21). The van der Waals surface area contributed by atoms with Crippen LogP contribution in [0.4, 0.5) is 0 Å². The summed E-state index contributed by atoms with van der Waals surface area (Å²) in [4.78, 5) is 13.3. The molecule has 1 aliphatic rings. The Balaban J connectivity index is 1.60. The largest absolute Gasteiger partial charge is 0.357 e. The maximum absolute atomic E-state index is 4.87. The van der Waals surface area contributed by atoms with E-state index in [0.29, 0.717) is 5.92 Å². The van der Waals surface area contributed by atoms with Crippen molar-refractivity contribution in [3.05, 3.63) is 33.5 Å². The van der Waals surface area contributed by atoms with E-state index in [1.54, 1.807) is 0 Å². The molecule has 2 aromatic rings. The van der Waals surface area contributed by atoms with Crippen LogP contribution >= 0.6 is 11.3 Å². The summed E-state index contributed by atoms with van der Waals surface area (Å²) in [5.41, 5.74) is 2.57. The number of likely N-dealkylation sites (tertiary alicyclic amines) is 1. The van der Waals surface area contributed by atoms with Crippen molar-refractivity contribution in [2.45, 2.75) is 46.0 Å².